The number of carbonyl (C=O) groups excluding carboxylic acids is 1. The van der Waals surface area contributed by atoms with Crippen LogP contribution in [0, 0.1) is 0 Å². The van der Waals surface area contributed by atoms with Crippen LogP contribution in [0.3, 0.4) is 0 Å². The van der Waals surface area contributed by atoms with E-state index in [9.17, 15) is 4.79 Å². The highest BCUT2D eigenvalue weighted by Crippen LogP contribution is 2.27. The summed E-state index contributed by atoms with van der Waals surface area (Å²) in [6.07, 6.45) is 4.07. The molecule has 104 valence electrons. The van der Waals surface area contributed by atoms with E-state index in [2.05, 4.69) is 10.6 Å². The van der Waals surface area contributed by atoms with Gasteiger partial charge < -0.3 is 20.1 Å². The predicted molar refractivity (Wildman–Crippen MR) is 74.6 cm³/mol. The van der Waals surface area contributed by atoms with Crippen molar-refractivity contribution in [2.75, 3.05) is 20.8 Å². The summed E-state index contributed by atoms with van der Waals surface area (Å²) in [7, 11) is 3.20. The lowest BCUT2D eigenvalue weighted by atomic mass is 10.1. The Morgan fingerprint density at radius 2 is 2.00 bits per heavy atom. The Hall–Kier alpha value is -2.17. The van der Waals surface area contributed by atoms with Crippen molar-refractivity contribution in [1.29, 1.82) is 0 Å². The number of carbonyl (C=O) groups is 1. The Balaban J connectivity index is 2.47. The first-order valence-electron chi connectivity index (χ1n) is 6.07. The lowest BCUT2D eigenvalue weighted by molar-refractivity contribution is 0.244. The van der Waals surface area contributed by atoms with E-state index >= 15 is 0 Å². The third-order valence-corrected chi connectivity index (χ3v) is 2.53. The molecule has 1 aromatic carbocycles. The van der Waals surface area contributed by atoms with Gasteiger partial charge in [0.2, 0.25) is 0 Å². The number of nitrogens with one attached hydrogen (secondary N) is 2. The van der Waals surface area contributed by atoms with E-state index in [0.29, 0.717) is 18.0 Å². The van der Waals surface area contributed by atoms with Crippen LogP contribution < -0.4 is 20.1 Å². The van der Waals surface area contributed by atoms with E-state index in [1.54, 1.807) is 26.5 Å². The average molecular weight is 264 g/mol. The number of urea groups is 1. The van der Waals surface area contributed by atoms with E-state index in [0.717, 1.165) is 12.0 Å². The van der Waals surface area contributed by atoms with E-state index in [-0.39, 0.29) is 6.03 Å². The first kappa shape index (κ1) is 14.9. The van der Waals surface area contributed by atoms with Crippen LogP contribution in [0.5, 0.6) is 11.5 Å². The van der Waals surface area contributed by atoms with E-state index in [4.69, 9.17) is 9.47 Å². The third kappa shape index (κ3) is 4.91. The van der Waals surface area contributed by atoms with E-state index in [1.807, 2.05) is 25.1 Å². The fraction of sp³-hybridized carbons (Fsp3) is 0.357. The van der Waals surface area contributed by atoms with E-state index < -0.39 is 0 Å². The zero-order valence-corrected chi connectivity index (χ0v) is 11.5. The van der Waals surface area contributed by atoms with Gasteiger partial charge in [0.25, 0.3) is 0 Å². The molecule has 0 atom stereocenters. The molecular weight excluding hydrogens is 244 g/mol. The number of allylic oxidation sites excluding steroid dienone is 1. The highest BCUT2D eigenvalue weighted by atomic mass is 16.5. The minimum atomic E-state index is -0.210. The van der Waals surface area contributed by atoms with Crippen LogP contribution in [-0.4, -0.2) is 26.8 Å². The molecule has 1 rings (SSSR count). The molecular formula is C14H20N2O3. The molecule has 0 unspecified atom stereocenters. The first-order chi connectivity index (χ1) is 9.21. The molecule has 1 aromatic rings. The van der Waals surface area contributed by atoms with Gasteiger partial charge >= 0.3 is 6.03 Å². The maximum atomic E-state index is 11.3. The van der Waals surface area contributed by atoms with Crippen molar-refractivity contribution in [1.82, 2.24) is 10.6 Å². The monoisotopic (exact) mass is 264 g/mol. The third-order valence-electron chi connectivity index (χ3n) is 2.53. The van der Waals surface area contributed by atoms with Crippen LogP contribution in [0.15, 0.2) is 30.5 Å². The minimum absolute atomic E-state index is 0.210. The van der Waals surface area contributed by atoms with Crippen molar-refractivity contribution >= 4 is 6.03 Å². The van der Waals surface area contributed by atoms with Gasteiger partial charge in [0.1, 0.15) is 0 Å². The maximum absolute atomic E-state index is 11.3. The Bertz CT molecular complexity index is 444. The standard InChI is InChI=1S/C14H20N2O3/c1-4-8-15-14(17)16-9-7-11-5-6-12(18-2)13(10-11)19-3/h4-6,8,10H,7,9H2,1-3H3,(H2,15,16,17)/b8-4+. The summed E-state index contributed by atoms with van der Waals surface area (Å²) < 4.78 is 10.4. The van der Waals surface area contributed by atoms with Crippen LogP contribution in [0.25, 0.3) is 0 Å². The molecule has 0 aromatic heterocycles. The highest BCUT2D eigenvalue weighted by Gasteiger charge is 2.04. The number of methoxy groups -OCH3 is 2. The molecule has 0 aliphatic heterocycles. The van der Waals surface area contributed by atoms with Gasteiger partial charge in [-0.3, -0.25) is 0 Å². The maximum Gasteiger partial charge on any atom is 0.318 e. The summed E-state index contributed by atoms with van der Waals surface area (Å²) in [4.78, 5) is 11.3. The van der Waals surface area contributed by atoms with Gasteiger partial charge in [-0.05, 0) is 31.0 Å². The number of ether oxygens (including phenoxy) is 2. The molecule has 0 aliphatic carbocycles. The fourth-order valence-electron chi connectivity index (χ4n) is 1.57. The molecule has 0 spiro atoms. The number of benzene rings is 1. The quantitative estimate of drug-likeness (QED) is 0.827. The summed E-state index contributed by atoms with van der Waals surface area (Å²) in [5.74, 6) is 1.39. The second-order valence-corrected chi connectivity index (χ2v) is 3.84. The topological polar surface area (TPSA) is 59.6 Å². The number of amides is 2. The predicted octanol–water partition coefficient (Wildman–Crippen LogP) is 2.08. The summed E-state index contributed by atoms with van der Waals surface area (Å²) in [5, 5.41) is 5.34. The van der Waals surface area contributed by atoms with Gasteiger partial charge in [0.15, 0.2) is 11.5 Å². The lowest BCUT2D eigenvalue weighted by Gasteiger charge is -2.10. The van der Waals surface area contributed by atoms with Gasteiger partial charge in [-0.25, -0.2) is 4.79 Å². The van der Waals surface area contributed by atoms with Gasteiger partial charge in [-0.1, -0.05) is 12.1 Å². The van der Waals surface area contributed by atoms with Crippen LogP contribution in [-0.2, 0) is 6.42 Å². The Kier molecular flexibility index (Phi) is 6.29. The molecule has 0 saturated carbocycles. The fourth-order valence-corrected chi connectivity index (χ4v) is 1.57. The van der Waals surface area contributed by atoms with Crippen LogP contribution in [0.1, 0.15) is 12.5 Å². The van der Waals surface area contributed by atoms with Crippen molar-refractivity contribution in [3.8, 4) is 11.5 Å². The molecule has 5 nitrogen and oxygen atoms in total. The number of hydrogen-bond donors (Lipinski definition) is 2. The second-order valence-electron chi connectivity index (χ2n) is 3.84. The van der Waals surface area contributed by atoms with Crippen molar-refractivity contribution in [2.45, 2.75) is 13.3 Å². The highest BCUT2D eigenvalue weighted by molar-refractivity contribution is 5.74. The zero-order valence-electron chi connectivity index (χ0n) is 11.5. The van der Waals surface area contributed by atoms with Crippen molar-refractivity contribution < 1.29 is 14.3 Å². The molecule has 0 aliphatic rings. The summed E-state index contributed by atoms with van der Waals surface area (Å²) in [6.45, 7) is 2.39. The molecule has 2 amide bonds. The molecule has 5 heteroatoms. The summed E-state index contributed by atoms with van der Waals surface area (Å²) in [6, 6.07) is 5.50. The molecule has 2 N–H and O–H groups in total. The molecule has 0 heterocycles. The van der Waals surface area contributed by atoms with E-state index in [1.165, 1.54) is 0 Å². The Labute approximate surface area is 113 Å². The average Bonchev–Trinajstić information content (AvgIpc) is 2.44. The second kappa shape index (κ2) is 8.02. The Morgan fingerprint density at radius 3 is 2.63 bits per heavy atom. The van der Waals surface area contributed by atoms with Crippen LogP contribution in [0.4, 0.5) is 4.79 Å². The SMILES string of the molecule is C/C=C/NC(=O)NCCc1ccc(OC)c(OC)c1. The van der Waals surface area contributed by atoms with Crippen molar-refractivity contribution in [2.24, 2.45) is 0 Å². The smallest absolute Gasteiger partial charge is 0.318 e. The largest absolute Gasteiger partial charge is 0.493 e. The number of hydrogen-bond acceptors (Lipinski definition) is 3. The van der Waals surface area contributed by atoms with Crippen LogP contribution >= 0.6 is 0 Å². The molecule has 0 fully saturated rings. The molecule has 0 bridgehead atoms. The lowest BCUT2D eigenvalue weighted by Crippen LogP contribution is -2.33. The molecule has 19 heavy (non-hydrogen) atoms. The first-order valence-corrected chi connectivity index (χ1v) is 6.07. The van der Waals surface area contributed by atoms with Gasteiger partial charge in [0.05, 0.1) is 14.2 Å². The zero-order chi connectivity index (χ0) is 14.1. The summed E-state index contributed by atoms with van der Waals surface area (Å²) in [5.41, 5.74) is 1.07. The van der Waals surface area contributed by atoms with Crippen molar-refractivity contribution in [3.05, 3.63) is 36.0 Å². The van der Waals surface area contributed by atoms with Crippen LogP contribution in [0.2, 0.25) is 0 Å². The van der Waals surface area contributed by atoms with Gasteiger partial charge in [-0.15, -0.1) is 0 Å². The molecule has 0 saturated heterocycles. The Morgan fingerprint density at radius 1 is 1.26 bits per heavy atom. The summed E-state index contributed by atoms with van der Waals surface area (Å²) >= 11 is 0. The molecule has 0 radical (unpaired) electrons. The number of rotatable bonds is 6. The normalized spacial score (nSPS) is 10.3. The van der Waals surface area contributed by atoms with Gasteiger partial charge in [-0.2, -0.15) is 0 Å². The minimum Gasteiger partial charge on any atom is -0.493 e. The van der Waals surface area contributed by atoms with Crippen molar-refractivity contribution in [3.63, 3.8) is 0 Å². The van der Waals surface area contributed by atoms with Gasteiger partial charge in [0, 0.05) is 12.7 Å².